The maximum atomic E-state index is 13.6. The lowest BCUT2D eigenvalue weighted by atomic mass is 10.2. The smallest absolute Gasteiger partial charge is 0.151 e. The van der Waals surface area contributed by atoms with E-state index in [4.69, 9.17) is 4.74 Å². The molecule has 0 spiro atoms. The predicted octanol–water partition coefficient (Wildman–Crippen LogP) is 2.68. The van der Waals surface area contributed by atoms with Crippen molar-refractivity contribution in [3.63, 3.8) is 0 Å². The van der Waals surface area contributed by atoms with E-state index in [1.807, 2.05) is 24.3 Å². The molecule has 1 aliphatic rings. The molecule has 1 N–H and O–H groups in total. The fraction of sp³-hybridized carbons (Fsp3) is 0.333. The minimum Gasteiger partial charge on any atom is -0.489 e. The summed E-state index contributed by atoms with van der Waals surface area (Å²) in [4.78, 5) is 0. The first kappa shape index (κ1) is 16.9. The Morgan fingerprint density at radius 1 is 1.17 bits per heavy atom. The molecule has 1 atom stereocenters. The molecule has 0 unspecified atom stereocenters. The number of hydrogen-bond donors (Lipinski definition) is 1. The van der Waals surface area contributed by atoms with E-state index in [0.29, 0.717) is 24.3 Å². The summed E-state index contributed by atoms with van der Waals surface area (Å²) in [6.07, 6.45) is 0.659. The molecular weight excluding hydrogens is 329 g/mol. The lowest BCUT2D eigenvalue weighted by Crippen LogP contribution is -2.29. The van der Waals surface area contributed by atoms with E-state index in [1.165, 1.54) is 6.07 Å². The van der Waals surface area contributed by atoms with Crippen molar-refractivity contribution >= 4 is 9.84 Å². The average molecular weight is 349 g/mol. The highest BCUT2D eigenvalue weighted by Crippen LogP contribution is 2.17. The largest absolute Gasteiger partial charge is 0.489 e. The Hall–Kier alpha value is -1.92. The molecule has 4 nitrogen and oxygen atoms in total. The van der Waals surface area contributed by atoms with Crippen molar-refractivity contribution in [2.24, 2.45) is 0 Å². The molecule has 3 rings (SSSR count). The second-order valence-electron chi connectivity index (χ2n) is 6.01. The Morgan fingerprint density at radius 2 is 2.00 bits per heavy atom. The van der Waals surface area contributed by atoms with Crippen LogP contribution in [0.1, 0.15) is 17.5 Å². The van der Waals surface area contributed by atoms with E-state index >= 15 is 0 Å². The fourth-order valence-corrected chi connectivity index (χ4v) is 4.45. The van der Waals surface area contributed by atoms with Gasteiger partial charge in [-0.25, -0.2) is 12.8 Å². The second-order valence-corrected chi connectivity index (χ2v) is 8.24. The van der Waals surface area contributed by atoms with Crippen LogP contribution < -0.4 is 10.1 Å². The van der Waals surface area contributed by atoms with E-state index in [1.54, 1.807) is 18.2 Å². The van der Waals surface area contributed by atoms with Crippen LogP contribution >= 0.6 is 0 Å². The molecule has 2 aromatic rings. The van der Waals surface area contributed by atoms with E-state index in [2.05, 4.69) is 5.32 Å². The first-order valence-electron chi connectivity index (χ1n) is 7.91. The summed E-state index contributed by atoms with van der Waals surface area (Å²) in [7, 11) is -2.87. The van der Waals surface area contributed by atoms with Crippen LogP contribution in [0.25, 0.3) is 0 Å². The highest BCUT2D eigenvalue weighted by molar-refractivity contribution is 7.91. The zero-order valence-electron chi connectivity index (χ0n) is 13.2. The van der Waals surface area contributed by atoms with Gasteiger partial charge in [0, 0.05) is 18.2 Å². The van der Waals surface area contributed by atoms with Crippen molar-refractivity contribution in [2.75, 3.05) is 11.5 Å². The molecule has 0 radical (unpaired) electrons. The first-order valence-corrected chi connectivity index (χ1v) is 9.73. The Morgan fingerprint density at radius 3 is 2.75 bits per heavy atom. The van der Waals surface area contributed by atoms with Crippen molar-refractivity contribution in [1.82, 2.24) is 5.32 Å². The third kappa shape index (κ3) is 4.55. The number of hydrogen-bond acceptors (Lipinski definition) is 4. The van der Waals surface area contributed by atoms with Gasteiger partial charge in [0.05, 0.1) is 11.5 Å². The quantitative estimate of drug-likeness (QED) is 0.871. The van der Waals surface area contributed by atoms with Crippen LogP contribution in [-0.4, -0.2) is 26.0 Å². The number of ether oxygens (including phenoxy) is 1. The fourth-order valence-electron chi connectivity index (χ4n) is 2.74. The Bertz CT molecular complexity index is 807. The molecule has 128 valence electrons. The SMILES string of the molecule is O=S1(=O)CC[C@H](NCc2cccc(OCc3ccccc3F)c2)C1. The molecule has 0 bridgehead atoms. The summed E-state index contributed by atoms with van der Waals surface area (Å²) in [5, 5.41) is 3.27. The van der Waals surface area contributed by atoms with Crippen LogP contribution in [0.4, 0.5) is 4.39 Å². The van der Waals surface area contributed by atoms with Gasteiger partial charge >= 0.3 is 0 Å². The topological polar surface area (TPSA) is 55.4 Å². The Labute approximate surface area is 141 Å². The summed E-state index contributed by atoms with van der Waals surface area (Å²) < 4.78 is 42.2. The van der Waals surface area contributed by atoms with Gasteiger partial charge in [0.2, 0.25) is 0 Å². The van der Waals surface area contributed by atoms with E-state index in [-0.39, 0.29) is 30.0 Å². The molecule has 1 heterocycles. The van der Waals surface area contributed by atoms with Gasteiger partial charge in [0.1, 0.15) is 18.2 Å². The molecular formula is C18H20FNO3S. The normalized spacial score (nSPS) is 19.3. The van der Waals surface area contributed by atoms with Gasteiger partial charge in [-0.1, -0.05) is 30.3 Å². The number of halogens is 1. The highest BCUT2D eigenvalue weighted by atomic mass is 32.2. The van der Waals surface area contributed by atoms with Gasteiger partial charge in [0.15, 0.2) is 9.84 Å². The summed E-state index contributed by atoms with van der Waals surface area (Å²) in [5.74, 6) is 0.849. The number of nitrogens with one attached hydrogen (secondary N) is 1. The molecule has 0 saturated carbocycles. The Kier molecular flexibility index (Phi) is 5.16. The van der Waals surface area contributed by atoms with Gasteiger partial charge in [-0.15, -0.1) is 0 Å². The summed E-state index contributed by atoms with van der Waals surface area (Å²) >= 11 is 0. The first-order chi connectivity index (χ1) is 11.5. The van der Waals surface area contributed by atoms with Crippen LogP contribution in [-0.2, 0) is 23.0 Å². The van der Waals surface area contributed by atoms with Crippen molar-refractivity contribution < 1.29 is 17.5 Å². The molecule has 0 aliphatic carbocycles. The van der Waals surface area contributed by atoms with Crippen molar-refractivity contribution in [2.45, 2.75) is 25.6 Å². The lowest BCUT2D eigenvalue weighted by molar-refractivity contribution is 0.299. The van der Waals surface area contributed by atoms with Crippen LogP contribution in [0.2, 0.25) is 0 Å². The third-order valence-corrected chi connectivity index (χ3v) is 5.85. The zero-order valence-corrected chi connectivity index (χ0v) is 14.1. The van der Waals surface area contributed by atoms with Crippen molar-refractivity contribution in [1.29, 1.82) is 0 Å². The van der Waals surface area contributed by atoms with Crippen LogP contribution in [0, 0.1) is 5.82 Å². The van der Waals surface area contributed by atoms with E-state index in [9.17, 15) is 12.8 Å². The molecule has 1 aliphatic heterocycles. The van der Waals surface area contributed by atoms with Gasteiger partial charge in [-0.3, -0.25) is 0 Å². The molecule has 6 heteroatoms. The van der Waals surface area contributed by atoms with Crippen LogP contribution in [0.3, 0.4) is 0 Å². The van der Waals surface area contributed by atoms with Crippen molar-refractivity contribution in [3.8, 4) is 5.75 Å². The zero-order chi connectivity index (χ0) is 17.0. The van der Waals surface area contributed by atoms with Gasteiger partial charge in [-0.2, -0.15) is 0 Å². The van der Waals surface area contributed by atoms with Gasteiger partial charge < -0.3 is 10.1 Å². The van der Waals surface area contributed by atoms with E-state index < -0.39 is 9.84 Å². The monoisotopic (exact) mass is 349 g/mol. The predicted molar refractivity (Wildman–Crippen MR) is 91.1 cm³/mol. The summed E-state index contributed by atoms with van der Waals surface area (Å²) in [6.45, 7) is 0.751. The van der Waals surface area contributed by atoms with Crippen LogP contribution in [0.5, 0.6) is 5.75 Å². The maximum Gasteiger partial charge on any atom is 0.151 e. The number of benzene rings is 2. The number of rotatable bonds is 6. The number of sulfone groups is 1. The van der Waals surface area contributed by atoms with Crippen molar-refractivity contribution in [3.05, 3.63) is 65.5 Å². The van der Waals surface area contributed by atoms with E-state index in [0.717, 1.165) is 5.56 Å². The standard InChI is InChI=1S/C18H20FNO3S/c19-18-7-2-1-5-15(18)12-23-17-6-3-4-14(10-17)11-20-16-8-9-24(21,22)13-16/h1-7,10,16,20H,8-9,11-13H2/t16-/m0/s1. The molecule has 1 saturated heterocycles. The second kappa shape index (κ2) is 7.32. The lowest BCUT2D eigenvalue weighted by Gasteiger charge is -2.12. The average Bonchev–Trinajstić information content (AvgIpc) is 2.92. The minimum atomic E-state index is -2.87. The molecule has 0 amide bonds. The highest BCUT2D eigenvalue weighted by Gasteiger charge is 2.27. The minimum absolute atomic E-state index is 0.0120. The summed E-state index contributed by atoms with van der Waals surface area (Å²) in [5.41, 5.74) is 1.52. The Balaban J connectivity index is 1.55. The van der Waals surface area contributed by atoms with Gasteiger partial charge in [0.25, 0.3) is 0 Å². The molecule has 0 aromatic heterocycles. The molecule has 1 fully saturated rings. The summed E-state index contributed by atoms with van der Waals surface area (Å²) in [6, 6.07) is 14.1. The van der Waals surface area contributed by atoms with Crippen LogP contribution in [0.15, 0.2) is 48.5 Å². The molecule has 2 aromatic carbocycles. The molecule has 24 heavy (non-hydrogen) atoms. The maximum absolute atomic E-state index is 13.6. The van der Waals surface area contributed by atoms with Gasteiger partial charge in [-0.05, 0) is 30.2 Å². The third-order valence-electron chi connectivity index (χ3n) is 4.08.